The summed E-state index contributed by atoms with van der Waals surface area (Å²) in [6.07, 6.45) is 0. The molecule has 1 amide bonds. The molecule has 0 fully saturated rings. The van der Waals surface area contributed by atoms with E-state index in [4.69, 9.17) is 9.72 Å². The number of amides is 1. The zero-order valence-corrected chi connectivity index (χ0v) is 15.6. The zero-order chi connectivity index (χ0) is 19.3. The number of carbonyl (C=O) groups is 1. The van der Waals surface area contributed by atoms with Gasteiger partial charge in [-0.25, -0.2) is 4.98 Å². The van der Waals surface area contributed by atoms with Crippen molar-refractivity contribution in [2.24, 2.45) is 0 Å². The number of hydrogen-bond donors (Lipinski definition) is 1. The number of fused-ring (bicyclic) bond motifs is 1. The van der Waals surface area contributed by atoms with E-state index in [1.165, 1.54) is 0 Å². The maximum absolute atomic E-state index is 12.4. The van der Waals surface area contributed by atoms with E-state index >= 15 is 0 Å². The largest absolute Gasteiger partial charge is 0.496 e. The number of hydrogen-bond acceptors (Lipinski definition) is 3. The molecule has 0 saturated heterocycles. The highest BCUT2D eigenvalue weighted by molar-refractivity contribution is 5.94. The molecule has 0 aliphatic rings. The van der Waals surface area contributed by atoms with Crippen molar-refractivity contribution in [1.82, 2.24) is 14.9 Å². The van der Waals surface area contributed by atoms with Crippen molar-refractivity contribution >= 4 is 16.9 Å². The SMILES string of the molecule is COc1ccccc1Cn1c(CNC(=O)c2ccccc2)nc2ccccc21. The van der Waals surface area contributed by atoms with Gasteiger partial charge < -0.3 is 14.6 Å². The lowest BCUT2D eigenvalue weighted by Crippen LogP contribution is -2.24. The molecule has 28 heavy (non-hydrogen) atoms. The quantitative estimate of drug-likeness (QED) is 0.557. The molecule has 0 aliphatic heterocycles. The van der Waals surface area contributed by atoms with E-state index in [2.05, 4.69) is 9.88 Å². The summed E-state index contributed by atoms with van der Waals surface area (Å²) in [5.41, 5.74) is 3.62. The van der Waals surface area contributed by atoms with Crippen molar-refractivity contribution in [1.29, 1.82) is 0 Å². The average molecular weight is 371 g/mol. The predicted octanol–water partition coefficient (Wildman–Crippen LogP) is 4.02. The van der Waals surface area contributed by atoms with Crippen molar-refractivity contribution in [3.05, 3.63) is 95.8 Å². The third-order valence-electron chi connectivity index (χ3n) is 4.70. The Balaban J connectivity index is 1.64. The molecule has 3 aromatic carbocycles. The number of ether oxygens (including phenoxy) is 1. The molecule has 0 atom stereocenters. The number of methoxy groups -OCH3 is 1. The number of aromatic nitrogens is 2. The first kappa shape index (κ1) is 17.8. The van der Waals surface area contributed by atoms with E-state index in [9.17, 15) is 4.79 Å². The molecule has 0 radical (unpaired) electrons. The Hall–Kier alpha value is -3.60. The first-order chi connectivity index (χ1) is 13.8. The Morgan fingerprint density at radius 3 is 2.50 bits per heavy atom. The summed E-state index contributed by atoms with van der Waals surface area (Å²) in [6, 6.07) is 25.1. The van der Waals surface area contributed by atoms with Crippen LogP contribution in [0.1, 0.15) is 21.7 Å². The van der Waals surface area contributed by atoms with Gasteiger partial charge in [0.15, 0.2) is 0 Å². The minimum atomic E-state index is -0.114. The molecule has 0 saturated carbocycles. The van der Waals surface area contributed by atoms with E-state index in [0.717, 1.165) is 28.2 Å². The van der Waals surface area contributed by atoms with Crippen LogP contribution in [0.5, 0.6) is 5.75 Å². The summed E-state index contributed by atoms with van der Waals surface area (Å²) in [7, 11) is 1.67. The van der Waals surface area contributed by atoms with Gasteiger partial charge in [-0.05, 0) is 30.3 Å². The maximum atomic E-state index is 12.4. The molecule has 140 valence electrons. The normalized spacial score (nSPS) is 10.8. The first-order valence-corrected chi connectivity index (χ1v) is 9.15. The molecular formula is C23H21N3O2. The highest BCUT2D eigenvalue weighted by Gasteiger charge is 2.14. The standard InChI is InChI=1S/C23H21N3O2/c1-28-21-14-8-5-11-18(21)16-26-20-13-7-6-12-19(20)25-22(26)15-24-23(27)17-9-3-2-4-10-17/h2-14H,15-16H2,1H3,(H,24,27). The van der Waals surface area contributed by atoms with Gasteiger partial charge in [0.05, 0.1) is 31.2 Å². The van der Waals surface area contributed by atoms with Crippen LogP contribution in [-0.4, -0.2) is 22.6 Å². The Morgan fingerprint density at radius 2 is 1.68 bits per heavy atom. The summed E-state index contributed by atoms with van der Waals surface area (Å²) in [4.78, 5) is 17.2. The molecule has 0 unspecified atom stereocenters. The van der Waals surface area contributed by atoms with Crippen LogP contribution in [0.25, 0.3) is 11.0 Å². The predicted molar refractivity (Wildman–Crippen MR) is 109 cm³/mol. The Morgan fingerprint density at radius 1 is 0.964 bits per heavy atom. The maximum Gasteiger partial charge on any atom is 0.251 e. The Bertz CT molecular complexity index is 1100. The summed E-state index contributed by atoms with van der Waals surface area (Å²) in [5.74, 6) is 1.52. The van der Waals surface area contributed by atoms with Gasteiger partial charge in [-0.2, -0.15) is 0 Å². The van der Waals surface area contributed by atoms with Crippen LogP contribution < -0.4 is 10.1 Å². The monoisotopic (exact) mass is 371 g/mol. The number of nitrogens with one attached hydrogen (secondary N) is 1. The third-order valence-corrected chi connectivity index (χ3v) is 4.70. The summed E-state index contributed by atoms with van der Waals surface area (Å²) >= 11 is 0. The van der Waals surface area contributed by atoms with Gasteiger partial charge in [0.2, 0.25) is 0 Å². The first-order valence-electron chi connectivity index (χ1n) is 9.15. The van der Waals surface area contributed by atoms with Gasteiger partial charge in [0.1, 0.15) is 11.6 Å². The average Bonchev–Trinajstić information content (AvgIpc) is 3.10. The van der Waals surface area contributed by atoms with Crippen LogP contribution in [0.3, 0.4) is 0 Å². The highest BCUT2D eigenvalue weighted by Crippen LogP contribution is 2.23. The van der Waals surface area contributed by atoms with E-state index in [0.29, 0.717) is 18.7 Å². The number of imidazole rings is 1. The molecule has 0 bridgehead atoms. The minimum absolute atomic E-state index is 0.114. The number of benzene rings is 3. The van der Waals surface area contributed by atoms with Crippen molar-refractivity contribution < 1.29 is 9.53 Å². The number of rotatable bonds is 6. The Kier molecular flexibility index (Phi) is 5.06. The lowest BCUT2D eigenvalue weighted by Gasteiger charge is -2.13. The number of para-hydroxylation sites is 3. The number of carbonyl (C=O) groups excluding carboxylic acids is 1. The lowest BCUT2D eigenvalue weighted by atomic mass is 10.2. The zero-order valence-electron chi connectivity index (χ0n) is 15.6. The fourth-order valence-corrected chi connectivity index (χ4v) is 3.29. The molecule has 1 heterocycles. The summed E-state index contributed by atoms with van der Waals surface area (Å²) < 4.78 is 7.62. The minimum Gasteiger partial charge on any atom is -0.496 e. The lowest BCUT2D eigenvalue weighted by molar-refractivity contribution is 0.0949. The van der Waals surface area contributed by atoms with Gasteiger partial charge in [0.25, 0.3) is 5.91 Å². The van der Waals surface area contributed by atoms with E-state index in [-0.39, 0.29) is 5.91 Å². The van der Waals surface area contributed by atoms with Crippen molar-refractivity contribution in [3.8, 4) is 5.75 Å². The fourth-order valence-electron chi connectivity index (χ4n) is 3.29. The van der Waals surface area contributed by atoms with Crippen molar-refractivity contribution in [2.75, 3.05) is 7.11 Å². The highest BCUT2D eigenvalue weighted by atomic mass is 16.5. The molecule has 5 heteroatoms. The molecular weight excluding hydrogens is 350 g/mol. The molecule has 5 nitrogen and oxygen atoms in total. The van der Waals surface area contributed by atoms with Crippen LogP contribution in [0, 0.1) is 0 Å². The Labute approximate surface area is 163 Å². The van der Waals surface area contributed by atoms with E-state index in [1.807, 2.05) is 66.7 Å². The summed E-state index contributed by atoms with van der Waals surface area (Å²) in [5, 5.41) is 2.98. The van der Waals surface area contributed by atoms with Crippen molar-refractivity contribution in [2.45, 2.75) is 13.1 Å². The molecule has 4 rings (SSSR count). The molecule has 1 aromatic heterocycles. The van der Waals surface area contributed by atoms with Gasteiger partial charge in [-0.15, -0.1) is 0 Å². The van der Waals surface area contributed by atoms with Crippen LogP contribution in [-0.2, 0) is 13.1 Å². The second-order valence-corrected chi connectivity index (χ2v) is 6.46. The topological polar surface area (TPSA) is 56.1 Å². The van der Waals surface area contributed by atoms with Gasteiger partial charge in [-0.3, -0.25) is 4.79 Å². The molecule has 4 aromatic rings. The van der Waals surface area contributed by atoms with Crippen LogP contribution >= 0.6 is 0 Å². The second-order valence-electron chi connectivity index (χ2n) is 6.46. The van der Waals surface area contributed by atoms with Crippen LogP contribution in [0.15, 0.2) is 78.9 Å². The van der Waals surface area contributed by atoms with Gasteiger partial charge in [-0.1, -0.05) is 48.5 Å². The number of nitrogens with zero attached hydrogens (tertiary/aromatic N) is 2. The molecule has 0 aliphatic carbocycles. The second kappa shape index (κ2) is 7.96. The fraction of sp³-hybridized carbons (Fsp3) is 0.130. The van der Waals surface area contributed by atoms with Crippen molar-refractivity contribution in [3.63, 3.8) is 0 Å². The summed E-state index contributed by atoms with van der Waals surface area (Å²) in [6.45, 7) is 0.957. The third kappa shape index (κ3) is 3.60. The molecule has 0 spiro atoms. The molecule has 1 N–H and O–H groups in total. The van der Waals surface area contributed by atoms with E-state index < -0.39 is 0 Å². The van der Waals surface area contributed by atoms with Gasteiger partial charge in [0, 0.05) is 11.1 Å². The van der Waals surface area contributed by atoms with Crippen LogP contribution in [0.2, 0.25) is 0 Å². The van der Waals surface area contributed by atoms with Gasteiger partial charge >= 0.3 is 0 Å². The van der Waals surface area contributed by atoms with E-state index in [1.54, 1.807) is 19.2 Å². The smallest absolute Gasteiger partial charge is 0.251 e. The van der Waals surface area contributed by atoms with Crippen LogP contribution in [0.4, 0.5) is 0 Å².